The second-order valence-electron chi connectivity index (χ2n) is 6.65. The number of fused-ring (bicyclic) bond motifs is 4. The summed E-state index contributed by atoms with van der Waals surface area (Å²) in [6.45, 7) is 2.18. The van der Waals surface area contributed by atoms with Crippen LogP contribution in [0.1, 0.15) is 47.2 Å². The fourth-order valence-electron chi connectivity index (χ4n) is 4.55. The number of benzene rings is 1. The lowest BCUT2D eigenvalue weighted by Crippen LogP contribution is -2.27. The van der Waals surface area contributed by atoms with Gasteiger partial charge in [-0.2, -0.15) is 0 Å². The number of nitrogens with zero attached hydrogens (tertiary/aromatic N) is 1. The zero-order valence-electron chi connectivity index (χ0n) is 13.9. The molecule has 1 aromatic carbocycles. The number of aromatic nitrogens is 1. The third-order valence-electron chi connectivity index (χ3n) is 5.55. The summed E-state index contributed by atoms with van der Waals surface area (Å²) in [7, 11) is 3.36. The quantitative estimate of drug-likeness (QED) is 0.843. The van der Waals surface area contributed by atoms with Crippen LogP contribution in [-0.4, -0.2) is 24.3 Å². The number of pyridine rings is 1. The molecule has 4 atom stereocenters. The Morgan fingerprint density at radius 2 is 2.00 bits per heavy atom. The van der Waals surface area contributed by atoms with Gasteiger partial charge in [0, 0.05) is 28.2 Å². The van der Waals surface area contributed by atoms with Crippen molar-refractivity contribution < 1.29 is 14.6 Å². The van der Waals surface area contributed by atoms with Gasteiger partial charge in [-0.1, -0.05) is 6.92 Å². The van der Waals surface area contributed by atoms with E-state index in [0.29, 0.717) is 0 Å². The third kappa shape index (κ3) is 2.18. The molecular formula is C19H20BrNO3. The third-order valence-corrected chi connectivity index (χ3v) is 5.99. The van der Waals surface area contributed by atoms with Crippen molar-refractivity contribution >= 4 is 15.9 Å². The molecule has 1 N–H and O–H groups in total. The van der Waals surface area contributed by atoms with Gasteiger partial charge in [0.1, 0.15) is 17.6 Å². The first-order valence-corrected chi connectivity index (χ1v) is 8.92. The van der Waals surface area contributed by atoms with Crippen molar-refractivity contribution in [2.24, 2.45) is 5.92 Å². The lowest BCUT2D eigenvalue weighted by Gasteiger charge is -2.36. The second kappa shape index (κ2) is 5.74. The molecule has 0 unspecified atom stereocenters. The molecule has 2 aliphatic carbocycles. The predicted molar refractivity (Wildman–Crippen MR) is 94.8 cm³/mol. The van der Waals surface area contributed by atoms with Crippen LogP contribution in [0.5, 0.6) is 11.5 Å². The van der Waals surface area contributed by atoms with Gasteiger partial charge in [0.25, 0.3) is 0 Å². The fraction of sp³-hybridized carbons (Fsp3) is 0.421. The zero-order chi connectivity index (χ0) is 17.0. The van der Waals surface area contributed by atoms with Crippen molar-refractivity contribution in [2.75, 3.05) is 14.2 Å². The molecule has 0 saturated carbocycles. The minimum Gasteiger partial charge on any atom is -0.497 e. The van der Waals surface area contributed by atoms with Gasteiger partial charge in [0.15, 0.2) is 0 Å². The van der Waals surface area contributed by atoms with E-state index in [0.717, 1.165) is 33.6 Å². The van der Waals surface area contributed by atoms with Gasteiger partial charge in [-0.05, 0) is 57.4 Å². The summed E-state index contributed by atoms with van der Waals surface area (Å²) >= 11 is 3.51. The highest BCUT2D eigenvalue weighted by Crippen LogP contribution is 2.57. The van der Waals surface area contributed by atoms with Gasteiger partial charge in [-0.25, -0.2) is 0 Å². The van der Waals surface area contributed by atoms with Crippen molar-refractivity contribution in [2.45, 2.75) is 31.3 Å². The zero-order valence-corrected chi connectivity index (χ0v) is 15.5. The Labute approximate surface area is 150 Å². The first-order valence-electron chi connectivity index (χ1n) is 8.13. The van der Waals surface area contributed by atoms with E-state index in [4.69, 9.17) is 9.47 Å². The molecule has 4 rings (SSSR count). The molecule has 1 heterocycles. The van der Waals surface area contributed by atoms with Gasteiger partial charge in [0.05, 0.1) is 19.9 Å². The minimum absolute atomic E-state index is 0.122. The Balaban J connectivity index is 1.87. The second-order valence-corrected chi connectivity index (χ2v) is 7.57. The summed E-state index contributed by atoms with van der Waals surface area (Å²) in [4.78, 5) is 4.48. The molecular weight excluding hydrogens is 370 g/mol. The molecule has 5 heteroatoms. The largest absolute Gasteiger partial charge is 0.497 e. The lowest BCUT2D eigenvalue weighted by molar-refractivity contribution is 0.0882. The average Bonchev–Trinajstić information content (AvgIpc) is 2.86. The summed E-state index contributed by atoms with van der Waals surface area (Å²) in [5.74, 6) is 2.22. The Kier molecular flexibility index (Phi) is 3.81. The highest BCUT2D eigenvalue weighted by molar-refractivity contribution is 9.10. The number of hydrogen-bond donors (Lipinski definition) is 1. The summed E-state index contributed by atoms with van der Waals surface area (Å²) in [5.41, 5.74) is 4.39. The number of aliphatic hydroxyl groups is 1. The van der Waals surface area contributed by atoms with Crippen molar-refractivity contribution in [1.29, 1.82) is 0 Å². The maximum Gasteiger partial charge on any atom is 0.126 e. The normalized spacial score (nSPS) is 27.2. The van der Waals surface area contributed by atoms with Crippen LogP contribution in [-0.2, 0) is 6.42 Å². The van der Waals surface area contributed by atoms with Crippen molar-refractivity contribution in [3.8, 4) is 11.5 Å². The number of aliphatic hydroxyl groups excluding tert-OH is 1. The number of methoxy groups -OCH3 is 2. The van der Waals surface area contributed by atoms with Crippen LogP contribution in [0.2, 0.25) is 0 Å². The molecule has 0 fully saturated rings. The molecule has 24 heavy (non-hydrogen) atoms. The molecule has 0 aliphatic heterocycles. The summed E-state index contributed by atoms with van der Waals surface area (Å²) in [6.07, 6.45) is 2.09. The molecule has 4 nitrogen and oxygen atoms in total. The monoisotopic (exact) mass is 389 g/mol. The van der Waals surface area contributed by atoms with Crippen molar-refractivity contribution in [3.05, 3.63) is 51.3 Å². The van der Waals surface area contributed by atoms with Crippen LogP contribution in [0, 0.1) is 5.92 Å². The molecule has 0 saturated heterocycles. The Hall–Kier alpha value is -1.59. The molecule has 0 radical (unpaired) electrons. The Bertz CT molecular complexity index is 807. The number of ether oxygens (including phenoxy) is 2. The average molecular weight is 390 g/mol. The highest BCUT2D eigenvalue weighted by Gasteiger charge is 2.48. The summed E-state index contributed by atoms with van der Waals surface area (Å²) in [5, 5.41) is 10.9. The van der Waals surface area contributed by atoms with E-state index in [9.17, 15) is 5.11 Å². The van der Waals surface area contributed by atoms with Crippen molar-refractivity contribution in [1.82, 2.24) is 4.98 Å². The fourth-order valence-corrected chi connectivity index (χ4v) is 4.89. The maximum absolute atomic E-state index is 10.9. The van der Waals surface area contributed by atoms with Gasteiger partial charge in [-0.3, -0.25) is 4.98 Å². The van der Waals surface area contributed by atoms with Crippen LogP contribution in [0.25, 0.3) is 0 Å². The smallest absolute Gasteiger partial charge is 0.126 e. The first-order chi connectivity index (χ1) is 11.5. The van der Waals surface area contributed by atoms with Crippen LogP contribution < -0.4 is 9.47 Å². The predicted octanol–water partition coefficient (Wildman–Crippen LogP) is 3.97. The van der Waals surface area contributed by atoms with Gasteiger partial charge in [-0.15, -0.1) is 0 Å². The van der Waals surface area contributed by atoms with Crippen LogP contribution in [0.4, 0.5) is 0 Å². The molecule has 126 valence electrons. The topological polar surface area (TPSA) is 51.6 Å². The standard InChI is InChI=1S/C19H20BrNO3/c1-9-16-10(4-12(23-2)7-15(16)24-3)5-13-14-6-11(20)8-21-18(14)19(22)17(9)13/h4,6-9,13,17,19,22H,5H2,1-3H3/t9-,13+,17+,19+/m0/s1. The summed E-state index contributed by atoms with van der Waals surface area (Å²) < 4.78 is 12.0. The number of halogens is 1. The van der Waals surface area contributed by atoms with E-state index in [2.05, 4.69) is 40.0 Å². The van der Waals surface area contributed by atoms with E-state index in [1.54, 1.807) is 20.4 Å². The Morgan fingerprint density at radius 1 is 1.21 bits per heavy atom. The molecule has 0 spiro atoms. The molecule has 1 aromatic heterocycles. The van der Waals surface area contributed by atoms with Gasteiger partial charge >= 0.3 is 0 Å². The van der Waals surface area contributed by atoms with E-state index in [-0.39, 0.29) is 17.8 Å². The minimum atomic E-state index is -0.534. The van der Waals surface area contributed by atoms with E-state index in [1.807, 2.05) is 6.07 Å². The van der Waals surface area contributed by atoms with Crippen LogP contribution in [0.3, 0.4) is 0 Å². The number of rotatable bonds is 2. The summed E-state index contributed by atoms with van der Waals surface area (Å²) in [6, 6.07) is 6.13. The van der Waals surface area contributed by atoms with Crippen LogP contribution in [0.15, 0.2) is 28.9 Å². The molecule has 2 aliphatic rings. The number of hydrogen-bond acceptors (Lipinski definition) is 4. The Morgan fingerprint density at radius 3 is 2.71 bits per heavy atom. The van der Waals surface area contributed by atoms with E-state index in [1.165, 1.54) is 11.1 Å². The van der Waals surface area contributed by atoms with E-state index >= 15 is 0 Å². The molecule has 0 bridgehead atoms. The van der Waals surface area contributed by atoms with Gasteiger partial charge in [0.2, 0.25) is 0 Å². The SMILES string of the molecule is COc1cc2c(c(OC)c1)[C@H](C)[C@@H]1[C@H](C2)c2cc(Br)cnc2[C@@H]1O. The first kappa shape index (κ1) is 15.9. The van der Waals surface area contributed by atoms with Crippen LogP contribution >= 0.6 is 15.9 Å². The maximum atomic E-state index is 10.9. The van der Waals surface area contributed by atoms with Gasteiger partial charge < -0.3 is 14.6 Å². The van der Waals surface area contributed by atoms with E-state index < -0.39 is 6.10 Å². The highest BCUT2D eigenvalue weighted by atomic mass is 79.9. The van der Waals surface area contributed by atoms with Crippen molar-refractivity contribution in [3.63, 3.8) is 0 Å². The molecule has 2 aromatic rings. The lowest BCUT2D eigenvalue weighted by atomic mass is 9.69. The molecule has 0 amide bonds.